The van der Waals surface area contributed by atoms with Gasteiger partial charge in [0, 0.05) is 5.56 Å². The molecule has 0 aliphatic carbocycles. The van der Waals surface area contributed by atoms with Gasteiger partial charge in [0.15, 0.2) is 6.08 Å². The summed E-state index contributed by atoms with van der Waals surface area (Å²) in [5.74, 6) is -3.87. The predicted octanol–water partition coefficient (Wildman–Crippen LogP) is 2.79. The predicted molar refractivity (Wildman–Crippen MR) is 91.6 cm³/mol. The van der Waals surface area contributed by atoms with Gasteiger partial charge in [-0.3, -0.25) is 4.79 Å². The van der Waals surface area contributed by atoms with Gasteiger partial charge in [-0.2, -0.15) is 8.42 Å². The van der Waals surface area contributed by atoms with E-state index in [9.17, 15) is 17.6 Å². The first-order valence-corrected chi connectivity index (χ1v) is 9.23. The van der Waals surface area contributed by atoms with Crippen molar-refractivity contribution in [2.24, 2.45) is 5.73 Å². The summed E-state index contributed by atoms with van der Waals surface area (Å²) < 4.78 is 55.9. The summed E-state index contributed by atoms with van der Waals surface area (Å²) in [7, 11) is -4.24. The quantitative estimate of drug-likeness (QED) is 0.778. The van der Waals surface area contributed by atoms with Crippen LogP contribution >= 0.6 is 11.6 Å². The average Bonchev–Trinajstić information content (AvgIpc) is 2.81. The van der Waals surface area contributed by atoms with Crippen LogP contribution in [-0.4, -0.2) is 14.2 Å². The summed E-state index contributed by atoms with van der Waals surface area (Å²) in [6.07, 6.45) is -2.43. The fourth-order valence-electron chi connectivity index (χ4n) is 2.26. The molecule has 6 nitrogen and oxygen atoms in total. The van der Waals surface area contributed by atoms with E-state index in [0.717, 1.165) is 18.2 Å². The zero-order valence-corrected chi connectivity index (χ0v) is 14.7. The van der Waals surface area contributed by atoms with Crippen LogP contribution in [0.2, 0.25) is 5.02 Å². The zero-order valence-electron chi connectivity index (χ0n) is 14.1. The maximum Gasteiger partial charge on any atom is 0.313 e. The molecule has 9 heteroatoms. The third kappa shape index (κ3) is 3.81. The van der Waals surface area contributed by atoms with E-state index < -0.39 is 45.2 Å². The summed E-state index contributed by atoms with van der Waals surface area (Å²) in [5.41, 5.74) is 5.88. The Bertz CT molecular complexity index is 1040. The van der Waals surface area contributed by atoms with Crippen LogP contribution in [0.1, 0.15) is 18.6 Å². The largest absolute Gasteiger partial charge is 0.460 e. The Kier molecular flexibility index (Phi) is 4.52. The molecule has 26 heavy (non-hydrogen) atoms. The Labute approximate surface area is 155 Å². The highest BCUT2D eigenvalue weighted by molar-refractivity contribution is 7.86. The van der Waals surface area contributed by atoms with Crippen molar-refractivity contribution in [3.63, 3.8) is 0 Å². The second kappa shape index (κ2) is 6.97. The first kappa shape index (κ1) is 16.9. The van der Waals surface area contributed by atoms with Crippen molar-refractivity contribution >= 4 is 27.5 Å². The van der Waals surface area contributed by atoms with Crippen LogP contribution in [0.3, 0.4) is 0 Å². The molecule has 0 bridgehead atoms. The Morgan fingerprint density at radius 1 is 1.27 bits per heavy atom. The smallest absolute Gasteiger partial charge is 0.313 e. The van der Waals surface area contributed by atoms with E-state index in [2.05, 4.69) is 0 Å². The number of nitrogens with two attached hydrogens (primary N) is 1. The van der Waals surface area contributed by atoms with Crippen LogP contribution in [0.15, 0.2) is 60.2 Å². The second-order valence-corrected chi connectivity index (χ2v) is 7.33. The lowest BCUT2D eigenvalue weighted by molar-refractivity contribution is -0.123. The van der Waals surface area contributed by atoms with Gasteiger partial charge in [-0.15, -0.1) is 0 Å². The second-order valence-electron chi connectivity index (χ2n) is 5.35. The highest BCUT2D eigenvalue weighted by Gasteiger charge is 2.39. The fraction of sp³-hybridized carbons (Fsp3) is 0.118. The Hall–Kier alpha value is -2.58. The van der Waals surface area contributed by atoms with Crippen LogP contribution < -0.4 is 5.73 Å². The van der Waals surface area contributed by atoms with E-state index in [4.69, 9.17) is 27.6 Å². The van der Waals surface area contributed by atoms with E-state index in [1.807, 2.05) is 0 Å². The molecule has 1 unspecified atom stereocenters. The molecule has 0 saturated heterocycles. The number of benzene rings is 2. The van der Waals surface area contributed by atoms with E-state index in [0.29, 0.717) is 5.56 Å². The standard InChI is InChI=1S/C17H13ClFNO5S/c18-12-8-11(6-7-13(12)19)15-14(21)16(17(20)24-15)25-26(22,23)9-10-4-2-1-3-5-10/h1-8,15H,9,20H2/i15D. The van der Waals surface area contributed by atoms with Gasteiger partial charge in [0.25, 0.3) is 0 Å². The molecule has 0 spiro atoms. The van der Waals surface area contributed by atoms with Crippen LogP contribution in [0.5, 0.6) is 0 Å². The number of ether oxygens (including phenoxy) is 1. The molecule has 1 aliphatic rings. The van der Waals surface area contributed by atoms with Gasteiger partial charge in [0.05, 0.1) is 6.39 Å². The third-order valence-electron chi connectivity index (χ3n) is 3.43. The highest BCUT2D eigenvalue weighted by atomic mass is 35.5. The van der Waals surface area contributed by atoms with Crippen LogP contribution in [-0.2, 0) is 29.6 Å². The van der Waals surface area contributed by atoms with E-state index >= 15 is 0 Å². The van der Waals surface area contributed by atoms with Crippen molar-refractivity contribution < 1.29 is 27.9 Å². The number of rotatable bonds is 5. The number of hydrogen-bond donors (Lipinski definition) is 1. The Balaban J connectivity index is 1.86. The minimum Gasteiger partial charge on any atom is -0.460 e. The van der Waals surface area contributed by atoms with Crippen LogP contribution in [0.4, 0.5) is 4.39 Å². The van der Waals surface area contributed by atoms with Crippen molar-refractivity contribution in [1.82, 2.24) is 0 Å². The molecule has 0 fully saturated rings. The molecule has 0 radical (unpaired) electrons. The summed E-state index contributed by atoms with van der Waals surface area (Å²) >= 11 is 5.67. The van der Waals surface area contributed by atoms with Crippen molar-refractivity contribution in [3.05, 3.63) is 82.1 Å². The molecule has 2 N–H and O–H groups in total. The van der Waals surface area contributed by atoms with Gasteiger partial charge in [-0.05, 0) is 17.7 Å². The van der Waals surface area contributed by atoms with Crippen molar-refractivity contribution in [2.45, 2.75) is 11.8 Å². The SMILES string of the molecule is [2H]C1(c2ccc(F)c(Cl)c2)OC(N)=C(OS(=O)(=O)Cc2ccccc2)C1=O. The van der Waals surface area contributed by atoms with Gasteiger partial charge in [0.2, 0.25) is 17.4 Å². The molecule has 3 rings (SSSR count). The molecule has 0 amide bonds. The molecule has 1 aliphatic heterocycles. The van der Waals surface area contributed by atoms with E-state index in [1.165, 1.54) is 0 Å². The maximum atomic E-state index is 13.3. The van der Waals surface area contributed by atoms with Gasteiger partial charge >= 0.3 is 10.1 Å². The fourth-order valence-corrected chi connectivity index (χ4v) is 3.51. The topological polar surface area (TPSA) is 95.7 Å². The molecular weight excluding hydrogens is 385 g/mol. The Morgan fingerprint density at radius 3 is 2.62 bits per heavy atom. The maximum absolute atomic E-state index is 13.3. The van der Waals surface area contributed by atoms with E-state index in [1.54, 1.807) is 30.3 Å². The minimum atomic E-state index is -4.24. The monoisotopic (exact) mass is 398 g/mol. The van der Waals surface area contributed by atoms with Gasteiger partial charge < -0.3 is 14.7 Å². The van der Waals surface area contributed by atoms with E-state index in [-0.39, 0.29) is 10.6 Å². The molecule has 2 aromatic rings. The number of halogens is 2. The number of Topliss-reactive ketones (excluding diaryl/α,β-unsaturated/α-hetero) is 1. The van der Waals surface area contributed by atoms with Gasteiger partial charge in [-0.1, -0.05) is 48.0 Å². The molecule has 2 aromatic carbocycles. The molecule has 0 aromatic heterocycles. The molecular formula is C17H13ClFNO5S. The molecule has 1 atom stereocenters. The molecule has 1 heterocycles. The zero-order chi connectivity index (χ0) is 19.8. The molecule has 136 valence electrons. The number of hydrogen-bond acceptors (Lipinski definition) is 6. The van der Waals surface area contributed by atoms with Crippen molar-refractivity contribution in [2.75, 3.05) is 0 Å². The lowest BCUT2D eigenvalue weighted by Crippen LogP contribution is -2.16. The number of ketones is 1. The highest BCUT2D eigenvalue weighted by Crippen LogP contribution is 2.34. The lowest BCUT2D eigenvalue weighted by atomic mass is 10.1. The van der Waals surface area contributed by atoms with Gasteiger partial charge in [0.1, 0.15) is 11.6 Å². The summed E-state index contributed by atoms with van der Waals surface area (Å²) in [5, 5.41) is -0.333. The normalized spacial score (nSPS) is 20.7. The first-order chi connectivity index (χ1) is 12.6. The molecule has 0 saturated carbocycles. The average molecular weight is 399 g/mol. The lowest BCUT2D eigenvalue weighted by Gasteiger charge is -2.10. The first-order valence-electron chi connectivity index (χ1n) is 7.77. The summed E-state index contributed by atoms with van der Waals surface area (Å²) in [6.45, 7) is 0. The van der Waals surface area contributed by atoms with Crippen molar-refractivity contribution in [1.29, 1.82) is 0 Å². The van der Waals surface area contributed by atoms with Gasteiger partial charge in [-0.25, -0.2) is 4.39 Å². The third-order valence-corrected chi connectivity index (χ3v) is 4.82. The number of carbonyl (C=O) groups excluding carboxylic acids is 1. The minimum absolute atomic E-state index is 0.124. The van der Waals surface area contributed by atoms with Crippen molar-refractivity contribution in [3.8, 4) is 0 Å². The van der Waals surface area contributed by atoms with Crippen LogP contribution in [0.25, 0.3) is 0 Å². The summed E-state index contributed by atoms with van der Waals surface area (Å²) in [6, 6.07) is 11.2. The Morgan fingerprint density at radius 2 is 1.96 bits per heavy atom. The number of carbonyl (C=O) groups is 1. The van der Waals surface area contributed by atoms with Crippen LogP contribution in [0, 0.1) is 5.82 Å². The summed E-state index contributed by atoms with van der Waals surface area (Å²) in [4.78, 5) is 12.6.